The van der Waals surface area contributed by atoms with Crippen LogP contribution < -0.4 is 10.5 Å². The third-order valence-electron chi connectivity index (χ3n) is 2.99. The average Bonchev–Trinajstić information content (AvgIpc) is 2.30. The molecule has 0 amide bonds. The van der Waals surface area contributed by atoms with Crippen LogP contribution in [0.4, 0.5) is 0 Å². The SMILES string of the molecule is CNS(=O)(=O)CCN=C(N)C1CCCCC1. The fourth-order valence-corrected chi connectivity index (χ4v) is 2.46. The van der Waals surface area contributed by atoms with E-state index in [1.165, 1.54) is 26.3 Å². The maximum atomic E-state index is 11.1. The molecule has 94 valence electrons. The van der Waals surface area contributed by atoms with Gasteiger partial charge in [-0.15, -0.1) is 0 Å². The number of nitrogens with one attached hydrogen (secondary N) is 1. The molecule has 0 aromatic heterocycles. The molecular weight excluding hydrogens is 226 g/mol. The standard InChI is InChI=1S/C10H21N3O2S/c1-12-16(14,15)8-7-13-10(11)9-5-3-2-4-6-9/h9,12H,2-8H2,1H3,(H2,11,13). The molecule has 0 heterocycles. The van der Waals surface area contributed by atoms with Crippen LogP contribution in [0.1, 0.15) is 32.1 Å². The Labute approximate surface area is 97.6 Å². The molecule has 3 N–H and O–H groups in total. The quantitative estimate of drug-likeness (QED) is 0.547. The van der Waals surface area contributed by atoms with Gasteiger partial charge in [0, 0.05) is 5.92 Å². The minimum atomic E-state index is -3.16. The first-order valence-corrected chi connectivity index (χ1v) is 7.41. The summed E-state index contributed by atoms with van der Waals surface area (Å²) in [6.07, 6.45) is 5.87. The lowest BCUT2D eigenvalue weighted by Gasteiger charge is -2.20. The van der Waals surface area contributed by atoms with Gasteiger partial charge >= 0.3 is 0 Å². The second kappa shape index (κ2) is 6.20. The molecule has 1 rings (SSSR count). The zero-order chi connectivity index (χ0) is 12.0. The summed E-state index contributed by atoms with van der Waals surface area (Å²) in [5.74, 6) is 1.01. The second-order valence-electron chi connectivity index (χ2n) is 4.16. The largest absolute Gasteiger partial charge is 0.387 e. The van der Waals surface area contributed by atoms with Gasteiger partial charge in [0.2, 0.25) is 10.0 Å². The first-order valence-electron chi connectivity index (χ1n) is 5.76. The Morgan fingerprint density at radius 3 is 2.56 bits per heavy atom. The summed E-state index contributed by atoms with van der Waals surface area (Å²) in [6.45, 7) is 0.255. The van der Waals surface area contributed by atoms with E-state index in [9.17, 15) is 8.42 Å². The summed E-state index contributed by atoms with van der Waals surface area (Å²) in [4.78, 5) is 4.16. The van der Waals surface area contributed by atoms with E-state index in [-0.39, 0.29) is 12.3 Å². The highest BCUT2D eigenvalue weighted by Crippen LogP contribution is 2.23. The summed E-state index contributed by atoms with van der Waals surface area (Å²) in [7, 11) is -1.75. The van der Waals surface area contributed by atoms with Gasteiger partial charge < -0.3 is 5.73 Å². The summed E-state index contributed by atoms with van der Waals surface area (Å²) < 4.78 is 24.5. The number of rotatable bonds is 5. The smallest absolute Gasteiger partial charge is 0.213 e. The molecule has 0 unspecified atom stereocenters. The highest BCUT2D eigenvalue weighted by atomic mass is 32.2. The number of amidine groups is 1. The van der Waals surface area contributed by atoms with E-state index in [4.69, 9.17) is 5.73 Å². The number of nitrogens with two attached hydrogens (primary N) is 1. The zero-order valence-electron chi connectivity index (χ0n) is 9.78. The van der Waals surface area contributed by atoms with Crippen LogP contribution in [0, 0.1) is 5.92 Å². The minimum absolute atomic E-state index is 0.0108. The van der Waals surface area contributed by atoms with Gasteiger partial charge in [-0.3, -0.25) is 4.99 Å². The fourth-order valence-electron chi connectivity index (χ4n) is 1.92. The monoisotopic (exact) mass is 247 g/mol. The predicted octanol–water partition coefficient (Wildman–Crippen LogP) is 0.473. The molecule has 1 aliphatic rings. The Balaban J connectivity index is 2.38. The van der Waals surface area contributed by atoms with Gasteiger partial charge in [0.15, 0.2) is 0 Å². The Morgan fingerprint density at radius 1 is 1.38 bits per heavy atom. The van der Waals surface area contributed by atoms with E-state index >= 15 is 0 Å². The summed E-state index contributed by atoms with van der Waals surface area (Å²) in [6, 6.07) is 0. The van der Waals surface area contributed by atoms with Crippen molar-refractivity contribution < 1.29 is 8.42 Å². The van der Waals surface area contributed by atoms with E-state index in [0.717, 1.165) is 12.8 Å². The van der Waals surface area contributed by atoms with Crippen molar-refractivity contribution in [1.82, 2.24) is 4.72 Å². The van der Waals surface area contributed by atoms with Crippen LogP contribution in [0.25, 0.3) is 0 Å². The molecule has 0 atom stereocenters. The van der Waals surface area contributed by atoms with E-state index < -0.39 is 10.0 Å². The van der Waals surface area contributed by atoms with Crippen LogP contribution in [0.5, 0.6) is 0 Å². The van der Waals surface area contributed by atoms with Crippen molar-refractivity contribution in [3.63, 3.8) is 0 Å². The molecule has 1 saturated carbocycles. The number of nitrogens with zero attached hydrogens (tertiary/aromatic N) is 1. The summed E-state index contributed by atoms with van der Waals surface area (Å²) >= 11 is 0. The van der Waals surface area contributed by atoms with Gasteiger partial charge in [0.25, 0.3) is 0 Å². The van der Waals surface area contributed by atoms with Crippen molar-refractivity contribution in [3.8, 4) is 0 Å². The lowest BCUT2D eigenvalue weighted by Crippen LogP contribution is -2.28. The molecule has 1 fully saturated rings. The second-order valence-corrected chi connectivity index (χ2v) is 6.21. The molecule has 0 bridgehead atoms. The van der Waals surface area contributed by atoms with Gasteiger partial charge in [-0.05, 0) is 19.9 Å². The van der Waals surface area contributed by atoms with Crippen molar-refractivity contribution in [1.29, 1.82) is 0 Å². The Bertz CT molecular complexity index is 332. The molecule has 0 aromatic rings. The van der Waals surface area contributed by atoms with Crippen LogP contribution in [-0.4, -0.2) is 33.6 Å². The van der Waals surface area contributed by atoms with Crippen molar-refractivity contribution in [2.75, 3.05) is 19.3 Å². The topological polar surface area (TPSA) is 84.5 Å². The van der Waals surface area contributed by atoms with E-state index in [0.29, 0.717) is 11.8 Å². The normalized spacial score (nSPS) is 19.9. The average molecular weight is 247 g/mol. The maximum Gasteiger partial charge on any atom is 0.213 e. The maximum absolute atomic E-state index is 11.1. The predicted molar refractivity (Wildman–Crippen MR) is 65.9 cm³/mol. The van der Waals surface area contributed by atoms with Crippen LogP contribution in [-0.2, 0) is 10.0 Å². The molecular formula is C10H21N3O2S. The molecule has 0 aliphatic heterocycles. The van der Waals surface area contributed by atoms with Gasteiger partial charge in [0.05, 0.1) is 18.1 Å². The molecule has 0 aromatic carbocycles. The van der Waals surface area contributed by atoms with Gasteiger partial charge in [-0.1, -0.05) is 19.3 Å². The minimum Gasteiger partial charge on any atom is -0.387 e. The fraction of sp³-hybridized carbons (Fsp3) is 0.900. The Kier molecular flexibility index (Phi) is 5.21. The number of hydrogen-bond donors (Lipinski definition) is 2. The third kappa shape index (κ3) is 4.49. The van der Waals surface area contributed by atoms with Gasteiger partial charge in [-0.25, -0.2) is 13.1 Å². The van der Waals surface area contributed by atoms with Crippen molar-refractivity contribution in [2.45, 2.75) is 32.1 Å². The first-order chi connectivity index (χ1) is 7.55. The lowest BCUT2D eigenvalue weighted by molar-refractivity contribution is 0.436. The molecule has 0 saturated heterocycles. The lowest BCUT2D eigenvalue weighted by atomic mass is 9.88. The first kappa shape index (κ1) is 13.4. The van der Waals surface area contributed by atoms with Crippen LogP contribution >= 0.6 is 0 Å². The van der Waals surface area contributed by atoms with Crippen molar-refractivity contribution in [2.24, 2.45) is 16.6 Å². The van der Waals surface area contributed by atoms with E-state index in [1.807, 2.05) is 0 Å². The molecule has 6 heteroatoms. The Hall–Kier alpha value is -0.620. The highest BCUT2D eigenvalue weighted by molar-refractivity contribution is 7.89. The molecule has 0 radical (unpaired) electrons. The summed E-state index contributed by atoms with van der Waals surface area (Å²) in [5.41, 5.74) is 5.85. The molecule has 5 nitrogen and oxygen atoms in total. The molecule has 16 heavy (non-hydrogen) atoms. The number of aliphatic imine (C=N–C) groups is 1. The molecule has 0 spiro atoms. The number of hydrogen-bond acceptors (Lipinski definition) is 3. The van der Waals surface area contributed by atoms with Crippen LogP contribution in [0.3, 0.4) is 0 Å². The zero-order valence-corrected chi connectivity index (χ0v) is 10.6. The highest BCUT2D eigenvalue weighted by Gasteiger charge is 2.16. The van der Waals surface area contributed by atoms with Gasteiger partial charge in [0.1, 0.15) is 0 Å². The van der Waals surface area contributed by atoms with Crippen molar-refractivity contribution in [3.05, 3.63) is 0 Å². The van der Waals surface area contributed by atoms with E-state index in [1.54, 1.807) is 0 Å². The van der Waals surface area contributed by atoms with Crippen LogP contribution in [0.15, 0.2) is 4.99 Å². The summed E-state index contributed by atoms with van der Waals surface area (Å²) in [5, 5.41) is 0. The van der Waals surface area contributed by atoms with Crippen molar-refractivity contribution >= 4 is 15.9 Å². The Morgan fingerprint density at radius 2 is 2.00 bits per heavy atom. The number of sulfonamides is 1. The van der Waals surface area contributed by atoms with E-state index in [2.05, 4.69) is 9.71 Å². The third-order valence-corrected chi connectivity index (χ3v) is 4.33. The molecule has 1 aliphatic carbocycles. The van der Waals surface area contributed by atoms with Gasteiger partial charge in [-0.2, -0.15) is 0 Å². The van der Waals surface area contributed by atoms with Crippen LogP contribution in [0.2, 0.25) is 0 Å².